The lowest BCUT2D eigenvalue weighted by Crippen LogP contribution is -2.49. The first kappa shape index (κ1) is 21.4. The maximum absolute atomic E-state index is 12.9. The molecule has 1 aromatic carbocycles. The Kier molecular flexibility index (Phi) is 5.33. The number of hydrogen-bond acceptors (Lipinski definition) is 4. The third kappa shape index (κ3) is 3.88. The van der Waals surface area contributed by atoms with Crippen LogP contribution in [0.3, 0.4) is 0 Å². The molecule has 2 N–H and O–H groups in total. The summed E-state index contributed by atoms with van der Waals surface area (Å²) in [4.78, 5) is 49.2. The quantitative estimate of drug-likeness (QED) is 0.707. The highest BCUT2D eigenvalue weighted by Crippen LogP contribution is 2.30. The smallest absolute Gasteiger partial charge is 0.318 e. The number of alkyl halides is 3. The molecule has 0 aliphatic carbocycles. The van der Waals surface area contributed by atoms with E-state index >= 15 is 0 Å². The molecule has 12 heteroatoms. The van der Waals surface area contributed by atoms with Crippen LogP contribution in [0.5, 0.6) is 0 Å². The van der Waals surface area contributed by atoms with Crippen molar-refractivity contribution in [2.45, 2.75) is 25.2 Å². The van der Waals surface area contributed by atoms with Crippen LogP contribution in [0.1, 0.15) is 18.1 Å². The number of rotatable bonds is 4. The van der Waals surface area contributed by atoms with E-state index in [0.717, 1.165) is 0 Å². The first-order chi connectivity index (χ1) is 13.9. The second kappa shape index (κ2) is 7.48. The first-order valence-corrected chi connectivity index (χ1v) is 8.80. The van der Waals surface area contributed by atoms with Gasteiger partial charge in [-0.3, -0.25) is 19.8 Å². The van der Waals surface area contributed by atoms with Gasteiger partial charge in [-0.05, 0) is 18.6 Å². The van der Waals surface area contributed by atoms with Gasteiger partial charge in [0.15, 0.2) is 0 Å². The number of carbonyl (C=O) groups is 3. The Balaban J connectivity index is 1.81. The van der Waals surface area contributed by atoms with Crippen molar-refractivity contribution in [3.63, 3.8) is 0 Å². The Labute approximate surface area is 172 Å². The molecular weight excluding hydrogens is 429 g/mol. The van der Waals surface area contributed by atoms with Crippen molar-refractivity contribution < 1.29 is 27.6 Å². The van der Waals surface area contributed by atoms with Gasteiger partial charge in [-0.15, -0.1) is 0 Å². The molecule has 1 saturated heterocycles. The topological polar surface area (TPSA) is 101 Å². The van der Waals surface area contributed by atoms with Crippen LogP contribution in [0.2, 0.25) is 5.02 Å². The molecule has 1 fully saturated rings. The van der Waals surface area contributed by atoms with Gasteiger partial charge >= 0.3 is 12.2 Å². The average molecular weight is 443 g/mol. The van der Waals surface area contributed by atoms with Crippen molar-refractivity contribution in [3.8, 4) is 0 Å². The van der Waals surface area contributed by atoms with Crippen LogP contribution >= 0.6 is 11.6 Å². The largest absolute Gasteiger partial charge is 0.417 e. The summed E-state index contributed by atoms with van der Waals surface area (Å²) in [5, 5.41) is 2.13. The number of amides is 4. The second-order valence-corrected chi connectivity index (χ2v) is 7.01. The molecule has 2 heterocycles. The van der Waals surface area contributed by atoms with Gasteiger partial charge in [-0.25, -0.2) is 4.79 Å². The van der Waals surface area contributed by atoms with Crippen LogP contribution in [0.4, 0.5) is 18.0 Å². The summed E-state index contributed by atoms with van der Waals surface area (Å²) in [6.45, 7) is 0.535. The van der Waals surface area contributed by atoms with Crippen molar-refractivity contribution in [3.05, 3.63) is 69.1 Å². The van der Waals surface area contributed by atoms with Crippen LogP contribution in [0.15, 0.2) is 47.4 Å². The normalized spacial score (nSPS) is 19.0. The molecule has 158 valence electrons. The molecule has 1 aliphatic rings. The Morgan fingerprint density at radius 2 is 1.83 bits per heavy atom. The number of hydrazine groups is 1. The van der Waals surface area contributed by atoms with Crippen molar-refractivity contribution in [2.24, 2.45) is 0 Å². The lowest BCUT2D eigenvalue weighted by molar-refractivity contribution is -0.139. The van der Waals surface area contributed by atoms with Crippen molar-refractivity contribution in [1.82, 2.24) is 20.3 Å². The number of aromatic nitrogens is 1. The standard InChI is InChI=1S/C18H14ClF3N4O4/c1-17(10-5-3-2-4-6-10)15(29)26(16(30)23-17)24-13(27)9-25-8-11(18(20,21)22)7-12(19)14(25)28/h2-8H,9H2,1H3,(H,23,30)(H,24,27)/t17-/m1/s1. The van der Waals surface area contributed by atoms with E-state index in [2.05, 4.69) is 5.32 Å². The van der Waals surface area contributed by atoms with Gasteiger partial charge in [-0.2, -0.15) is 18.2 Å². The number of halogens is 4. The Morgan fingerprint density at radius 1 is 1.20 bits per heavy atom. The zero-order valence-corrected chi connectivity index (χ0v) is 16.0. The molecule has 0 radical (unpaired) electrons. The van der Waals surface area contributed by atoms with E-state index in [1.165, 1.54) is 6.92 Å². The molecule has 1 atom stereocenters. The van der Waals surface area contributed by atoms with Crippen LogP contribution < -0.4 is 16.3 Å². The summed E-state index contributed by atoms with van der Waals surface area (Å²) in [5.41, 5.74) is -1.26. The number of hydrogen-bond donors (Lipinski definition) is 2. The van der Waals surface area contributed by atoms with Crippen LogP contribution in [0, 0.1) is 0 Å². The van der Waals surface area contributed by atoms with Crippen molar-refractivity contribution in [1.29, 1.82) is 0 Å². The molecule has 0 spiro atoms. The number of imide groups is 1. The van der Waals surface area contributed by atoms with Crippen LogP contribution in [0.25, 0.3) is 0 Å². The molecule has 0 unspecified atom stereocenters. The fourth-order valence-electron chi connectivity index (χ4n) is 2.89. The van der Waals surface area contributed by atoms with E-state index in [0.29, 0.717) is 27.4 Å². The number of benzene rings is 1. The Hall–Kier alpha value is -3.34. The minimum atomic E-state index is -4.79. The van der Waals surface area contributed by atoms with E-state index < -0.39 is 52.3 Å². The van der Waals surface area contributed by atoms with Gasteiger partial charge in [0, 0.05) is 6.20 Å². The van der Waals surface area contributed by atoms with E-state index in [9.17, 15) is 32.3 Å². The predicted molar refractivity (Wildman–Crippen MR) is 98.0 cm³/mol. The average Bonchev–Trinajstić information content (AvgIpc) is 2.89. The predicted octanol–water partition coefficient (Wildman–Crippen LogP) is 2.02. The molecule has 0 saturated carbocycles. The zero-order chi connectivity index (χ0) is 22.3. The molecular formula is C18H14ClF3N4O4. The van der Waals surface area contributed by atoms with Gasteiger partial charge in [0.1, 0.15) is 17.1 Å². The molecule has 0 bridgehead atoms. The Morgan fingerprint density at radius 3 is 2.43 bits per heavy atom. The zero-order valence-electron chi connectivity index (χ0n) is 15.3. The highest BCUT2D eigenvalue weighted by atomic mass is 35.5. The SMILES string of the molecule is C[C@]1(c2ccccc2)NC(=O)N(NC(=O)Cn2cc(C(F)(F)F)cc(Cl)c2=O)C1=O. The van der Waals surface area contributed by atoms with Crippen LogP contribution in [-0.2, 0) is 27.8 Å². The molecule has 30 heavy (non-hydrogen) atoms. The van der Waals surface area contributed by atoms with Gasteiger partial charge in [0.05, 0.1) is 5.56 Å². The number of urea groups is 1. The summed E-state index contributed by atoms with van der Waals surface area (Å²) >= 11 is 5.54. The molecule has 3 rings (SSSR count). The summed E-state index contributed by atoms with van der Waals surface area (Å²) in [5.74, 6) is -1.88. The third-order valence-corrected chi connectivity index (χ3v) is 4.73. The third-order valence-electron chi connectivity index (χ3n) is 4.46. The summed E-state index contributed by atoms with van der Waals surface area (Å²) in [7, 11) is 0. The second-order valence-electron chi connectivity index (χ2n) is 6.60. The van der Waals surface area contributed by atoms with Gasteiger partial charge in [-0.1, -0.05) is 41.9 Å². The molecule has 8 nitrogen and oxygen atoms in total. The Bertz CT molecular complexity index is 1090. The number of pyridine rings is 1. The van der Waals surface area contributed by atoms with Crippen molar-refractivity contribution in [2.75, 3.05) is 0 Å². The molecule has 4 amide bonds. The number of nitrogens with one attached hydrogen (secondary N) is 2. The maximum Gasteiger partial charge on any atom is 0.417 e. The molecule has 1 aliphatic heterocycles. The first-order valence-electron chi connectivity index (χ1n) is 8.42. The fourth-order valence-corrected chi connectivity index (χ4v) is 3.12. The van der Waals surface area contributed by atoms with E-state index in [-0.39, 0.29) is 0 Å². The summed E-state index contributed by atoms with van der Waals surface area (Å²) in [6, 6.07) is 7.75. The number of carbonyl (C=O) groups excluding carboxylic acids is 3. The lowest BCUT2D eigenvalue weighted by Gasteiger charge is -2.22. The summed E-state index contributed by atoms with van der Waals surface area (Å²) < 4.78 is 39.2. The van der Waals surface area contributed by atoms with Crippen LogP contribution in [-0.4, -0.2) is 27.4 Å². The van der Waals surface area contributed by atoms with Crippen molar-refractivity contribution >= 4 is 29.4 Å². The summed E-state index contributed by atoms with van der Waals surface area (Å²) in [6.07, 6.45) is -4.37. The number of nitrogens with zero attached hydrogens (tertiary/aromatic N) is 2. The molecule has 2 aromatic rings. The van der Waals surface area contributed by atoms with E-state index in [1.54, 1.807) is 30.3 Å². The maximum atomic E-state index is 12.9. The highest BCUT2D eigenvalue weighted by molar-refractivity contribution is 6.30. The van der Waals surface area contributed by atoms with E-state index in [4.69, 9.17) is 11.6 Å². The lowest BCUT2D eigenvalue weighted by atomic mass is 9.92. The molecule has 1 aromatic heterocycles. The van der Waals surface area contributed by atoms with Gasteiger partial charge < -0.3 is 9.88 Å². The highest BCUT2D eigenvalue weighted by Gasteiger charge is 2.50. The van der Waals surface area contributed by atoms with Gasteiger partial charge in [0.2, 0.25) is 0 Å². The van der Waals surface area contributed by atoms with Gasteiger partial charge in [0.25, 0.3) is 17.4 Å². The minimum Gasteiger partial charge on any atom is -0.318 e. The fraction of sp³-hybridized carbons (Fsp3) is 0.222. The monoisotopic (exact) mass is 442 g/mol. The van der Waals surface area contributed by atoms with E-state index in [1.807, 2.05) is 5.43 Å². The minimum absolute atomic E-state index is 0.412.